The normalized spacial score (nSPS) is 21.2. The van der Waals surface area contributed by atoms with Crippen molar-refractivity contribution in [3.63, 3.8) is 0 Å². The minimum Gasteiger partial charge on any atom is -0.373 e. The van der Waals surface area contributed by atoms with Gasteiger partial charge in [-0.1, -0.05) is 48.0 Å². The van der Waals surface area contributed by atoms with E-state index in [1.165, 1.54) is 50.3 Å². The first-order valence-corrected chi connectivity index (χ1v) is 6.23. The van der Waals surface area contributed by atoms with Crippen molar-refractivity contribution in [2.75, 3.05) is 11.9 Å². The van der Waals surface area contributed by atoms with Crippen molar-refractivity contribution in [2.45, 2.75) is 51.0 Å². The molecule has 2 heteroatoms. The number of alkyl halides is 1. The first kappa shape index (κ1) is 10.5. The maximum absolute atomic E-state index is 5.15. The molecule has 1 nitrogen and oxygen atoms in total. The lowest BCUT2D eigenvalue weighted by Crippen LogP contribution is -1.85. The van der Waals surface area contributed by atoms with Gasteiger partial charge in [-0.2, -0.15) is 0 Å². The smallest absolute Gasteiger partial charge is 0.0810 e. The molecular formula is C10H19BrO. The van der Waals surface area contributed by atoms with Gasteiger partial charge in [0.2, 0.25) is 0 Å². The Morgan fingerprint density at radius 3 is 2.17 bits per heavy atom. The highest BCUT2D eigenvalue weighted by atomic mass is 79.9. The summed E-state index contributed by atoms with van der Waals surface area (Å²) < 4.78 is 5.15. The molecule has 0 spiro atoms. The van der Waals surface area contributed by atoms with Gasteiger partial charge in [0, 0.05) is 5.33 Å². The van der Waals surface area contributed by atoms with Gasteiger partial charge >= 0.3 is 0 Å². The summed E-state index contributed by atoms with van der Waals surface area (Å²) in [6.45, 7) is 1.03. The fraction of sp³-hybridized carbons (Fsp3) is 1.00. The van der Waals surface area contributed by atoms with Crippen LogP contribution in [0.1, 0.15) is 44.9 Å². The fourth-order valence-corrected chi connectivity index (χ4v) is 1.80. The van der Waals surface area contributed by atoms with Gasteiger partial charge < -0.3 is 4.74 Å². The van der Waals surface area contributed by atoms with Crippen LogP contribution in [0, 0.1) is 0 Å². The van der Waals surface area contributed by atoms with Crippen LogP contribution in [0.5, 0.6) is 0 Å². The third-order valence-corrected chi connectivity index (χ3v) is 2.87. The van der Waals surface area contributed by atoms with E-state index in [2.05, 4.69) is 15.9 Å². The fourth-order valence-electron chi connectivity index (χ4n) is 1.41. The van der Waals surface area contributed by atoms with E-state index in [9.17, 15) is 0 Å². The third-order valence-electron chi connectivity index (χ3n) is 2.31. The maximum atomic E-state index is 5.15. The van der Waals surface area contributed by atoms with Gasteiger partial charge in [-0.15, -0.1) is 0 Å². The summed E-state index contributed by atoms with van der Waals surface area (Å²) in [6, 6.07) is 0. The Labute approximate surface area is 84.0 Å². The van der Waals surface area contributed by atoms with Crippen LogP contribution in [-0.4, -0.2) is 18.0 Å². The Morgan fingerprint density at radius 1 is 1.00 bits per heavy atom. The largest absolute Gasteiger partial charge is 0.373 e. The lowest BCUT2D eigenvalue weighted by molar-refractivity contribution is 0.387. The van der Waals surface area contributed by atoms with E-state index in [1.807, 2.05) is 0 Å². The van der Waals surface area contributed by atoms with Crippen molar-refractivity contribution in [2.24, 2.45) is 0 Å². The van der Waals surface area contributed by atoms with Crippen molar-refractivity contribution < 1.29 is 4.74 Å². The molecule has 0 bridgehead atoms. The molecule has 1 aliphatic rings. The molecule has 1 atom stereocenters. The van der Waals surface area contributed by atoms with E-state index in [0.717, 1.165) is 6.61 Å². The van der Waals surface area contributed by atoms with Gasteiger partial charge in [0.05, 0.1) is 12.7 Å². The molecule has 0 aromatic rings. The van der Waals surface area contributed by atoms with Crippen molar-refractivity contribution in [1.29, 1.82) is 0 Å². The molecule has 0 aliphatic carbocycles. The number of hydrogen-bond acceptors (Lipinski definition) is 1. The van der Waals surface area contributed by atoms with Crippen molar-refractivity contribution in [3.05, 3.63) is 0 Å². The predicted molar refractivity (Wildman–Crippen MR) is 55.9 cm³/mol. The molecule has 0 amide bonds. The van der Waals surface area contributed by atoms with Crippen LogP contribution < -0.4 is 0 Å². The number of unbranched alkanes of at least 4 members (excludes halogenated alkanes) is 5. The minimum atomic E-state index is 0.646. The zero-order valence-electron chi connectivity index (χ0n) is 7.73. The van der Waals surface area contributed by atoms with Crippen LogP contribution >= 0.6 is 15.9 Å². The van der Waals surface area contributed by atoms with Crippen LogP contribution in [0.25, 0.3) is 0 Å². The van der Waals surface area contributed by atoms with Gasteiger partial charge in [-0.25, -0.2) is 0 Å². The molecule has 1 unspecified atom stereocenters. The molecule has 72 valence electrons. The van der Waals surface area contributed by atoms with Crippen LogP contribution in [-0.2, 0) is 4.74 Å². The van der Waals surface area contributed by atoms with E-state index in [4.69, 9.17) is 4.74 Å². The third kappa shape index (κ3) is 6.01. The standard InChI is InChI=1S/C10H19BrO/c11-8-6-4-2-1-3-5-7-10-9-12-10/h10H,1-9H2. The van der Waals surface area contributed by atoms with Crippen LogP contribution in [0.2, 0.25) is 0 Å². The summed E-state index contributed by atoms with van der Waals surface area (Å²) in [4.78, 5) is 0. The van der Waals surface area contributed by atoms with Crippen LogP contribution in [0.3, 0.4) is 0 Å². The molecule has 0 aromatic carbocycles. The molecule has 1 aliphatic heterocycles. The quantitative estimate of drug-likeness (QED) is 0.356. The summed E-state index contributed by atoms with van der Waals surface area (Å²) in [5.74, 6) is 0. The van der Waals surface area contributed by atoms with Crippen LogP contribution in [0.15, 0.2) is 0 Å². The van der Waals surface area contributed by atoms with Gasteiger partial charge in [-0.3, -0.25) is 0 Å². The first-order valence-electron chi connectivity index (χ1n) is 5.11. The first-order chi connectivity index (χ1) is 5.93. The number of ether oxygens (including phenoxy) is 1. The Hall–Kier alpha value is 0.440. The lowest BCUT2D eigenvalue weighted by Gasteiger charge is -1.98. The van der Waals surface area contributed by atoms with Gasteiger partial charge in [-0.05, 0) is 12.8 Å². The molecule has 0 radical (unpaired) electrons. The summed E-state index contributed by atoms with van der Waals surface area (Å²) in [5, 5.41) is 1.17. The molecule has 1 rings (SSSR count). The zero-order valence-corrected chi connectivity index (χ0v) is 9.31. The molecule has 0 N–H and O–H groups in total. The molecule has 12 heavy (non-hydrogen) atoms. The second-order valence-electron chi connectivity index (χ2n) is 3.55. The van der Waals surface area contributed by atoms with Crippen molar-refractivity contribution >= 4 is 15.9 Å². The number of hydrogen-bond donors (Lipinski definition) is 0. The second kappa shape index (κ2) is 6.90. The molecular weight excluding hydrogens is 216 g/mol. The van der Waals surface area contributed by atoms with E-state index in [1.54, 1.807) is 0 Å². The Kier molecular flexibility index (Phi) is 6.05. The zero-order chi connectivity index (χ0) is 8.65. The summed E-state index contributed by atoms with van der Waals surface area (Å²) >= 11 is 3.44. The van der Waals surface area contributed by atoms with Gasteiger partial charge in [0.15, 0.2) is 0 Å². The van der Waals surface area contributed by atoms with E-state index in [0.29, 0.717) is 6.10 Å². The summed E-state index contributed by atoms with van der Waals surface area (Å²) in [6.07, 6.45) is 10.3. The van der Waals surface area contributed by atoms with E-state index < -0.39 is 0 Å². The SMILES string of the molecule is BrCCCCCCCCC1CO1. The lowest BCUT2D eigenvalue weighted by atomic mass is 10.1. The highest BCUT2D eigenvalue weighted by molar-refractivity contribution is 9.09. The molecule has 0 saturated carbocycles. The average molecular weight is 235 g/mol. The Morgan fingerprint density at radius 2 is 1.58 bits per heavy atom. The second-order valence-corrected chi connectivity index (χ2v) is 4.35. The topological polar surface area (TPSA) is 12.5 Å². The number of epoxide rings is 1. The molecule has 1 fully saturated rings. The average Bonchev–Trinajstić information content (AvgIpc) is 2.87. The molecule has 1 saturated heterocycles. The van der Waals surface area contributed by atoms with Crippen molar-refractivity contribution in [3.8, 4) is 0 Å². The maximum Gasteiger partial charge on any atom is 0.0810 e. The summed E-state index contributed by atoms with van der Waals surface area (Å²) in [5.41, 5.74) is 0. The monoisotopic (exact) mass is 234 g/mol. The van der Waals surface area contributed by atoms with Crippen molar-refractivity contribution in [1.82, 2.24) is 0 Å². The molecule has 0 aromatic heterocycles. The van der Waals surface area contributed by atoms with Gasteiger partial charge in [0.25, 0.3) is 0 Å². The predicted octanol–water partition coefficient (Wildman–Crippen LogP) is 3.51. The van der Waals surface area contributed by atoms with Crippen LogP contribution in [0.4, 0.5) is 0 Å². The number of halogens is 1. The van der Waals surface area contributed by atoms with Gasteiger partial charge in [0.1, 0.15) is 0 Å². The highest BCUT2D eigenvalue weighted by Gasteiger charge is 2.20. The van der Waals surface area contributed by atoms with E-state index in [-0.39, 0.29) is 0 Å². The Bertz CT molecular complexity index is 102. The number of rotatable bonds is 8. The summed E-state index contributed by atoms with van der Waals surface area (Å²) in [7, 11) is 0. The highest BCUT2D eigenvalue weighted by Crippen LogP contribution is 2.17. The Balaban J connectivity index is 1.65. The molecule has 1 heterocycles. The minimum absolute atomic E-state index is 0.646. The van der Waals surface area contributed by atoms with E-state index >= 15 is 0 Å².